The van der Waals surface area contributed by atoms with Gasteiger partial charge in [-0.1, -0.05) is 48.5 Å². The van der Waals surface area contributed by atoms with Crippen LogP contribution in [-0.4, -0.2) is 45.9 Å². The molecule has 2 N–H and O–H groups in total. The van der Waals surface area contributed by atoms with E-state index >= 15 is 0 Å². The first kappa shape index (κ1) is 28.1. The Balaban J connectivity index is 1.62. The second kappa shape index (κ2) is 13.2. The second-order valence-electron chi connectivity index (χ2n) is 9.02. The summed E-state index contributed by atoms with van der Waals surface area (Å²) >= 11 is 0. The first-order valence-corrected chi connectivity index (χ1v) is 12.6. The van der Waals surface area contributed by atoms with Crippen LogP contribution in [0.15, 0.2) is 91.3 Å². The van der Waals surface area contributed by atoms with Crippen LogP contribution in [-0.2, 0) is 17.8 Å². The number of carboxylic acid groups (broad SMARTS) is 1. The van der Waals surface area contributed by atoms with Crippen molar-refractivity contribution in [1.29, 1.82) is 0 Å². The number of hydrogen-bond acceptors (Lipinski definition) is 4. The Kier molecular flexibility index (Phi) is 9.30. The van der Waals surface area contributed by atoms with Gasteiger partial charge < -0.3 is 15.3 Å². The highest BCUT2D eigenvalue weighted by Gasteiger charge is 2.23. The SMILES string of the molecule is O=C(O)CCN(CCc1cccnc1)C(=O)c1ccccc1-c1ccccc1C(=O)NCc1c(F)cccc1F. The molecule has 1 heterocycles. The van der Waals surface area contributed by atoms with Gasteiger partial charge >= 0.3 is 5.97 Å². The number of benzene rings is 3. The van der Waals surface area contributed by atoms with Crippen LogP contribution in [0.4, 0.5) is 8.78 Å². The number of pyridine rings is 1. The van der Waals surface area contributed by atoms with Gasteiger partial charge in [-0.05, 0) is 53.4 Å². The summed E-state index contributed by atoms with van der Waals surface area (Å²) in [6.07, 6.45) is 3.59. The van der Waals surface area contributed by atoms with E-state index in [0.717, 1.165) is 17.7 Å². The lowest BCUT2D eigenvalue weighted by atomic mass is 9.94. The Hall–Kier alpha value is -4.92. The molecule has 0 saturated heterocycles. The molecule has 0 radical (unpaired) electrons. The number of rotatable bonds is 11. The molecule has 0 saturated carbocycles. The lowest BCUT2D eigenvalue weighted by Crippen LogP contribution is -2.35. The van der Waals surface area contributed by atoms with Gasteiger partial charge in [0.05, 0.1) is 6.42 Å². The maximum atomic E-state index is 14.1. The van der Waals surface area contributed by atoms with Crippen molar-refractivity contribution in [2.45, 2.75) is 19.4 Å². The third kappa shape index (κ3) is 6.93. The number of nitrogens with one attached hydrogen (secondary N) is 1. The molecule has 9 heteroatoms. The van der Waals surface area contributed by atoms with E-state index in [1.165, 1.54) is 11.0 Å². The van der Waals surface area contributed by atoms with Crippen molar-refractivity contribution in [3.8, 4) is 11.1 Å². The van der Waals surface area contributed by atoms with Crippen LogP contribution in [0.3, 0.4) is 0 Å². The molecule has 0 bridgehead atoms. The van der Waals surface area contributed by atoms with Crippen molar-refractivity contribution in [2.75, 3.05) is 13.1 Å². The van der Waals surface area contributed by atoms with E-state index in [0.29, 0.717) is 23.1 Å². The normalized spacial score (nSPS) is 10.7. The zero-order valence-corrected chi connectivity index (χ0v) is 21.5. The molecule has 0 fully saturated rings. The number of carbonyl (C=O) groups excluding carboxylic acids is 2. The summed E-state index contributed by atoms with van der Waals surface area (Å²) in [4.78, 5) is 43.8. The molecule has 3 aromatic carbocycles. The zero-order chi connectivity index (χ0) is 28.5. The molecule has 0 unspecified atom stereocenters. The van der Waals surface area contributed by atoms with Crippen molar-refractivity contribution >= 4 is 17.8 Å². The van der Waals surface area contributed by atoms with Gasteiger partial charge in [0.2, 0.25) is 0 Å². The van der Waals surface area contributed by atoms with Gasteiger partial charge in [-0.2, -0.15) is 0 Å². The number of nitrogens with zero attached hydrogens (tertiary/aromatic N) is 2. The molecule has 0 aliphatic rings. The highest BCUT2D eigenvalue weighted by molar-refractivity contribution is 6.06. The summed E-state index contributed by atoms with van der Waals surface area (Å²) in [5.74, 6) is -3.51. The van der Waals surface area contributed by atoms with Crippen molar-refractivity contribution < 1.29 is 28.3 Å². The molecule has 0 aliphatic heterocycles. The summed E-state index contributed by atoms with van der Waals surface area (Å²) in [6, 6.07) is 20.5. The maximum absolute atomic E-state index is 14.1. The largest absolute Gasteiger partial charge is 0.481 e. The van der Waals surface area contributed by atoms with E-state index in [-0.39, 0.29) is 43.1 Å². The molecule has 0 atom stereocenters. The predicted molar refractivity (Wildman–Crippen MR) is 146 cm³/mol. The van der Waals surface area contributed by atoms with Crippen LogP contribution in [0.5, 0.6) is 0 Å². The lowest BCUT2D eigenvalue weighted by Gasteiger charge is -2.24. The minimum absolute atomic E-state index is 0.000893. The Morgan fingerprint density at radius 3 is 2.10 bits per heavy atom. The van der Waals surface area contributed by atoms with E-state index in [1.54, 1.807) is 67.0 Å². The van der Waals surface area contributed by atoms with Crippen LogP contribution in [0, 0.1) is 11.6 Å². The molecule has 4 aromatic rings. The number of carboxylic acids is 1. The van der Waals surface area contributed by atoms with E-state index < -0.39 is 23.5 Å². The minimum atomic E-state index is -1.03. The molecule has 2 amide bonds. The van der Waals surface area contributed by atoms with Gasteiger partial charge in [-0.15, -0.1) is 0 Å². The molecular weight excluding hydrogens is 516 g/mol. The lowest BCUT2D eigenvalue weighted by molar-refractivity contribution is -0.137. The third-order valence-electron chi connectivity index (χ3n) is 6.38. The first-order valence-electron chi connectivity index (χ1n) is 12.6. The molecular formula is C31H27F2N3O4. The quantitative estimate of drug-likeness (QED) is 0.274. The smallest absolute Gasteiger partial charge is 0.305 e. The summed E-state index contributed by atoms with van der Waals surface area (Å²) < 4.78 is 28.2. The standard InChI is InChI=1S/C31H27F2N3O4/c32-27-12-5-13-28(33)26(27)20-35-30(39)24-10-3-1-8-22(24)23-9-2-4-11-25(23)31(40)36(18-15-29(37)38)17-14-21-7-6-16-34-19-21/h1-13,16,19H,14-15,17-18,20H2,(H,35,39)(H,37,38). The Morgan fingerprint density at radius 1 is 0.800 bits per heavy atom. The summed E-state index contributed by atoms with van der Waals surface area (Å²) in [6.45, 7) is -0.0921. The second-order valence-corrected chi connectivity index (χ2v) is 9.02. The highest BCUT2D eigenvalue weighted by atomic mass is 19.1. The van der Waals surface area contributed by atoms with Crippen LogP contribution in [0.1, 0.15) is 38.3 Å². The van der Waals surface area contributed by atoms with E-state index in [1.807, 2.05) is 6.07 Å². The van der Waals surface area contributed by atoms with Gasteiger partial charge in [0.25, 0.3) is 11.8 Å². The van der Waals surface area contributed by atoms with Crippen LogP contribution in [0.2, 0.25) is 0 Å². The number of carbonyl (C=O) groups is 3. The third-order valence-corrected chi connectivity index (χ3v) is 6.38. The average Bonchev–Trinajstić information content (AvgIpc) is 2.97. The number of aromatic nitrogens is 1. The summed E-state index contributed by atoms with van der Waals surface area (Å²) in [5.41, 5.74) is 2.07. The Bertz CT molecular complexity index is 1490. The summed E-state index contributed by atoms with van der Waals surface area (Å²) in [5, 5.41) is 11.8. The van der Waals surface area contributed by atoms with Crippen LogP contribution in [0.25, 0.3) is 11.1 Å². The average molecular weight is 544 g/mol. The zero-order valence-electron chi connectivity index (χ0n) is 21.5. The number of amides is 2. The molecule has 7 nitrogen and oxygen atoms in total. The van der Waals surface area contributed by atoms with E-state index in [2.05, 4.69) is 10.3 Å². The maximum Gasteiger partial charge on any atom is 0.305 e. The van der Waals surface area contributed by atoms with Gasteiger partial charge in [0.1, 0.15) is 11.6 Å². The van der Waals surface area contributed by atoms with Gasteiger partial charge in [0, 0.05) is 48.7 Å². The fourth-order valence-corrected chi connectivity index (χ4v) is 4.31. The molecule has 0 aliphatic carbocycles. The minimum Gasteiger partial charge on any atom is -0.481 e. The Morgan fingerprint density at radius 2 is 1.45 bits per heavy atom. The number of aliphatic carboxylic acids is 1. The fraction of sp³-hybridized carbons (Fsp3) is 0.161. The van der Waals surface area contributed by atoms with Crippen molar-refractivity contribution in [3.05, 3.63) is 125 Å². The molecule has 40 heavy (non-hydrogen) atoms. The molecule has 4 rings (SSSR count). The topological polar surface area (TPSA) is 99.6 Å². The number of hydrogen-bond donors (Lipinski definition) is 2. The van der Waals surface area contributed by atoms with Crippen molar-refractivity contribution in [3.63, 3.8) is 0 Å². The molecule has 0 spiro atoms. The molecule has 1 aromatic heterocycles. The predicted octanol–water partition coefficient (Wildman–Crippen LogP) is 5.12. The van der Waals surface area contributed by atoms with Gasteiger partial charge in [0.15, 0.2) is 0 Å². The first-order chi connectivity index (χ1) is 19.3. The van der Waals surface area contributed by atoms with Crippen LogP contribution >= 0.6 is 0 Å². The monoisotopic (exact) mass is 543 g/mol. The summed E-state index contributed by atoms with van der Waals surface area (Å²) in [7, 11) is 0. The van der Waals surface area contributed by atoms with E-state index in [9.17, 15) is 28.3 Å². The fourth-order valence-electron chi connectivity index (χ4n) is 4.31. The molecule has 204 valence electrons. The van der Waals surface area contributed by atoms with Crippen LogP contribution < -0.4 is 5.32 Å². The van der Waals surface area contributed by atoms with Crippen molar-refractivity contribution in [1.82, 2.24) is 15.2 Å². The van der Waals surface area contributed by atoms with Gasteiger partial charge in [-0.25, -0.2) is 8.78 Å². The van der Waals surface area contributed by atoms with E-state index in [4.69, 9.17) is 0 Å². The van der Waals surface area contributed by atoms with Crippen molar-refractivity contribution in [2.24, 2.45) is 0 Å². The van der Waals surface area contributed by atoms with Gasteiger partial charge in [-0.3, -0.25) is 19.4 Å². The Labute approximate surface area is 230 Å². The number of halogens is 2. The highest BCUT2D eigenvalue weighted by Crippen LogP contribution is 2.28.